The number of aromatic nitrogens is 2. The summed E-state index contributed by atoms with van der Waals surface area (Å²) >= 11 is 0. The van der Waals surface area contributed by atoms with E-state index in [1.165, 1.54) is 6.07 Å². The molecule has 0 bridgehead atoms. The molecule has 0 fully saturated rings. The van der Waals surface area contributed by atoms with E-state index in [2.05, 4.69) is 20.6 Å². The van der Waals surface area contributed by atoms with Gasteiger partial charge in [-0.1, -0.05) is 0 Å². The van der Waals surface area contributed by atoms with E-state index in [-0.39, 0.29) is 0 Å². The molecule has 0 spiro atoms. The number of alkyl halides is 3. The number of halogens is 3. The van der Waals surface area contributed by atoms with Gasteiger partial charge in [0.1, 0.15) is 0 Å². The van der Waals surface area contributed by atoms with E-state index >= 15 is 0 Å². The van der Waals surface area contributed by atoms with E-state index in [9.17, 15) is 13.2 Å². The Kier molecular flexibility index (Phi) is 3.29. The fourth-order valence-electron chi connectivity index (χ4n) is 2.22. The van der Waals surface area contributed by atoms with Gasteiger partial charge in [0.05, 0.1) is 11.3 Å². The van der Waals surface area contributed by atoms with Gasteiger partial charge in [0.2, 0.25) is 5.95 Å². The molecule has 1 aliphatic heterocycles. The van der Waals surface area contributed by atoms with Gasteiger partial charge in [-0.15, -0.1) is 0 Å². The zero-order chi connectivity index (χ0) is 15.0. The molecule has 1 aromatic heterocycles. The summed E-state index contributed by atoms with van der Waals surface area (Å²) in [7, 11) is 0. The molecule has 1 aromatic carbocycles. The summed E-state index contributed by atoms with van der Waals surface area (Å²) in [6, 6.07) is 3.55. The maximum Gasteiger partial charge on any atom is 0.416 e. The summed E-state index contributed by atoms with van der Waals surface area (Å²) in [5, 5.41) is 6.12. The van der Waals surface area contributed by atoms with Crippen LogP contribution in [-0.2, 0) is 19.3 Å². The van der Waals surface area contributed by atoms with Crippen molar-refractivity contribution in [3.8, 4) is 0 Å². The lowest BCUT2D eigenvalue weighted by atomic mass is 10.1. The topological polar surface area (TPSA) is 49.8 Å². The lowest BCUT2D eigenvalue weighted by Gasteiger charge is -2.12. The van der Waals surface area contributed by atoms with E-state index < -0.39 is 11.7 Å². The predicted molar refractivity (Wildman–Crippen MR) is 72.0 cm³/mol. The summed E-state index contributed by atoms with van der Waals surface area (Å²) in [5.74, 6) is 0.389. The Morgan fingerprint density at radius 3 is 2.76 bits per heavy atom. The zero-order valence-electron chi connectivity index (χ0n) is 11.3. The third-order valence-corrected chi connectivity index (χ3v) is 3.36. The van der Waals surface area contributed by atoms with Crippen LogP contribution in [0.25, 0.3) is 0 Å². The largest absolute Gasteiger partial charge is 0.416 e. The highest BCUT2D eigenvalue weighted by Gasteiger charge is 2.30. The van der Waals surface area contributed by atoms with Crippen LogP contribution < -0.4 is 10.6 Å². The summed E-state index contributed by atoms with van der Waals surface area (Å²) in [4.78, 5) is 8.53. The minimum Gasteiger partial charge on any atom is -0.324 e. The van der Waals surface area contributed by atoms with Gasteiger partial charge < -0.3 is 10.6 Å². The number of anilines is 2. The first-order valence-electron chi connectivity index (χ1n) is 6.44. The summed E-state index contributed by atoms with van der Waals surface area (Å²) in [6.07, 6.45) is -2.61. The van der Waals surface area contributed by atoms with Gasteiger partial charge in [0.15, 0.2) is 0 Å². The number of hydrogen-bond donors (Lipinski definition) is 2. The Morgan fingerprint density at radius 1 is 1.24 bits per heavy atom. The molecular weight excluding hydrogens is 281 g/mol. The first-order chi connectivity index (χ1) is 9.93. The maximum atomic E-state index is 12.6. The van der Waals surface area contributed by atoms with Crippen LogP contribution in [0.3, 0.4) is 0 Å². The molecule has 0 aliphatic carbocycles. The van der Waals surface area contributed by atoms with Crippen molar-refractivity contribution in [3.63, 3.8) is 0 Å². The van der Waals surface area contributed by atoms with Crippen LogP contribution in [0, 0.1) is 6.92 Å². The Morgan fingerprint density at radius 2 is 2.05 bits per heavy atom. The highest BCUT2D eigenvalue weighted by molar-refractivity contribution is 5.59. The SMILES string of the molecule is Cc1cc(C(F)(F)F)ccc1Nc1ncc2c(n1)CNC2. The number of nitrogens with one attached hydrogen (secondary N) is 2. The Hall–Kier alpha value is -2.15. The van der Waals surface area contributed by atoms with Crippen LogP contribution in [0.1, 0.15) is 22.4 Å². The van der Waals surface area contributed by atoms with Crippen LogP contribution in [0.5, 0.6) is 0 Å². The maximum absolute atomic E-state index is 12.6. The van der Waals surface area contributed by atoms with Crippen molar-refractivity contribution in [2.45, 2.75) is 26.2 Å². The number of hydrogen-bond acceptors (Lipinski definition) is 4. The fourth-order valence-corrected chi connectivity index (χ4v) is 2.22. The molecule has 2 aromatic rings. The van der Waals surface area contributed by atoms with E-state index in [0.717, 1.165) is 29.9 Å². The molecule has 21 heavy (non-hydrogen) atoms. The first kappa shape index (κ1) is 13.8. The summed E-state index contributed by atoms with van der Waals surface area (Å²) in [6.45, 7) is 3.04. The van der Waals surface area contributed by atoms with Gasteiger partial charge >= 0.3 is 6.18 Å². The molecule has 0 unspecified atom stereocenters. The van der Waals surface area contributed by atoms with Crippen LogP contribution >= 0.6 is 0 Å². The number of aryl methyl sites for hydroxylation is 1. The van der Waals surface area contributed by atoms with Crippen molar-refractivity contribution in [2.75, 3.05) is 5.32 Å². The molecule has 2 N–H and O–H groups in total. The average molecular weight is 294 g/mol. The van der Waals surface area contributed by atoms with Crippen LogP contribution in [0.2, 0.25) is 0 Å². The first-order valence-corrected chi connectivity index (χ1v) is 6.44. The third-order valence-electron chi connectivity index (χ3n) is 3.36. The van der Waals surface area contributed by atoms with Gasteiger partial charge in [0, 0.05) is 30.5 Å². The second kappa shape index (κ2) is 5.00. The van der Waals surface area contributed by atoms with Crippen molar-refractivity contribution in [2.24, 2.45) is 0 Å². The van der Waals surface area contributed by atoms with Crippen molar-refractivity contribution in [1.29, 1.82) is 0 Å². The van der Waals surface area contributed by atoms with Crippen LogP contribution in [0.15, 0.2) is 24.4 Å². The number of rotatable bonds is 2. The quantitative estimate of drug-likeness (QED) is 0.893. The van der Waals surface area contributed by atoms with Crippen molar-refractivity contribution in [1.82, 2.24) is 15.3 Å². The molecule has 0 amide bonds. The molecule has 110 valence electrons. The lowest BCUT2D eigenvalue weighted by Crippen LogP contribution is -2.06. The normalized spacial score (nSPS) is 14.1. The van der Waals surface area contributed by atoms with E-state index in [0.29, 0.717) is 23.7 Å². The standard InChI is InChI=1S/C14H13F3N4/c1-8-4-10(14(15,16)17)2-3-11(8)20-13-19-6-9-5-18-7-12(9)21-13/h2-4,6,18H,5,7H2,1H3,(H,19,20,21). The molecule has 3 rings (SSSR count). The van der Waals surface area contributed by atoms with Gasteiger partial charge in [0.25, 0.3) is 0 Å². The highest BCUT2D eigenvalue weighted by Crippen LogP contribution is 2.32. The summed E-state index contributed by atoms with van der Waals surface area (Å²) < 4.78 is 37.9. The summed E-state index contributed by atoms with van der Waals surface area (Å²) in [5.41, 5.74) is 2.35. The van der Waals surface area contributed by atoms with Gasteiger partial charge in [-0.25, -0.2) is 9.97 Å². The van der Waals surface area contributed by atoms with Crippen molar-refractivity contribution >= 4 is 11.6 Å². The minimum atomic E-state index is -4.33. The fraction of sp³-hybridized carbons (Fsp3) is 0.286. The smallest absolute Gasteiger partial charge is 0.324 e. The highest BCUT2D eigenvalue weighted by atomic mass is 19.4. The Balaban J connectivity index is 1.85. The van der Waals surface area contributed by atoms with Crippen molar-refractivity contribution in [3.05, 3.63) is 46.8 Å². The number of benzene rings is 1. The van der Waals surface area contributed by atoms with E-state index in [1.54, 1.807) is 13.1 Å². The molecule has 2 heterocycles. The van der Waals surface area contributed by atoms with Gasteiger partial charge in [-0.05, 0) is 30.7 Å². The molecule has 4 nitrogen and oxygen atoms in total. The van der Waals surface area contributed by atoms with Crippen molar-refractivity contribution < 1.29 is 13.2 Å². The average Bonchev–Trinajstić information content (AvgIpc) is 2.87. The minimum absolute atomic E-state index is 0.389. The molecule has 0 saturated carbocycles. The second-order valence-electron chi connectivity index (χ2n) is 4.92. The Bertz CT molecular complexity index is 682. The van der Waals surface area contributed by atoms with Gasteiger partial charge in [-0.2, -0.15) is 13.2 Å². The van der Waals surface area contributed by atoms with Crippen LogP contribution in [-0.4, -0.2) is 9.97 Å². The van der Waals surface area contributed by atoms with E-state index in [4.69, 9.17) is 0 Å². The van der Waals surface area contributed by atoms with E-state index in [1.807, 2.05) is 0 Å². The lowest BCUT2D eigenvalue weighted by molar-refractivity contribution is -0.137. The Labute approximate surface area is 119 Å². The number of fused-ring (bicyclic) bond motifs is 1. The molecule has 0 saturated heterocycles. The van der Waals surface area contributed by atoms with Crippen LogP contribution in [0.4, 0.5) is 24.8 Å². The third kappa shape index (κ3) is 2.82. The molecular formula is C14H13F3N4. The molecule has 0 atom stereocenters. The zero-order valence-corrected chi connectivity index (χ0v) is 11.3. The number of nitrogens with zero attached hydrogens (tertiary/aromatic N) is 2. The molecule has 0 radical (unpaired) electrons. The molecule has 1 aliphatic rings. The predicted octanol–water partition coefficient (Wildman–Crippen LogP) is 3.15. The monoisotopic (exact) mass is 294 g/mol. The molecule has 7 heteroatoms. The van der Waals surface area contributed by atoms with Gasteiger partial charge in [-0.3, -0.25) is 0 Å². The second-order valence-corrected chi connectivity index (χ2v) is 4.92.